The van der Waals surface area contributed by atoms with Crippen LogP contribution in [0, 0.1) is 5.41 Å². The highest BCUT2D eigenvalue weighted by Crippen LogP contribution is 2.51. The van der Waals surface area contributed by atoms with Gasteiger partial charge in [-0.05, 0) is 71.5 Å². The molecule has 3 fully saturated rings. The molecule has 1 unspecified atom stereocenters. The van der Waals surface area contributed by atoms with Gasteiger partial charge in [-0.15, -0.1) is 0 Å². The van der Waals surface area contributed by atoms with E-state index in [1.54, 1.807) is 0 Å². The number of likely N-dealkylation sites (tertiary alicyclic amines) is 1. The van der Waals surface area contributed by atoms with Crippen molar-refractivity contribution in [3.8, 4) is 0 Å². The Kier molecular flexibility index (Phi) is 5.43. The zero-order chi connectivity index (χ0) is 19.8. The van der Waals surface area contributed by atoms with Crippen LogP contribution in [0.4, 0.5) is 4.79 Å². The van der Waals surface area contributed by atoms with Crippen LogP contribution in [0.3, 0.4) is 0 Å². The van der Waals surface area contributed by atoms with Crippen molar-refractivity contribution in [3.63, 3.8) is 0 Å². The van der Waals surface area contributed by atoms with Crippen LogP contribution in [0.2, 0.25) is 0 Å². The first kappa shape index (κ1) is 19.8. The number of rotatable bonds is 6. The van der Waals surface area contributed by atoms with E-state index in [-0.39, 0.29) is 17.6 Å². The van der Waals surface area contributed by atoms with E-state index in [1.807, 2.05) is 20.8 Å². The van der Waals surface area contributed by atoms with Crippen LogP contribution < -0.4 is 0 Å². The van der Waals surface area contributed by atoms with Crippen molar-refractivity contribution < 1.29 is 9.53 Å². The van der Waals surface area contributed by atoms with Gasteiger partial charge in [-0.2, -0.15) is 0 Å². The summed E-state index contributed by atoms with van der Waals surface area (Å²) in [5, 5.41) is 0. The smallest absolute Gasteiger partial charge is 0.410 e. The Bertz CT molecular complexity index is 672. The van der Waals surface area contributed by atoms with Crippen LogP contribution >= 0.6 is 0 Å². The van der Waals surface area contributed by atoms with Crippen molar-refractivity contribution in [2.75, 3.05) is 26.2 Å². The summed E-state index contributed by atoms with van der Waals surface area (Å²) in [6, 6.07) is 10.9. The normalized spacial score (nSPS) is 26.5. The summed E-state index contributed by atoms with van der Waals surface area (Å²) >= 11 is 0. The zero-order valence-electron chi connectivity index (χ0n) is 17.8. The largest absolute Gasteiger partial charge is 0.444 e. The average molecular weight is 385 g/mol. The third kappa shape index (κ3) is 4.89. The number of benzene rings is 1. The van der Waals surface area contributed by atoms with Crippen molar-refractivity contribution >= 4 is 6.09 Å². The van der Waals surface area contributed by atoms with E-state index in [4.69, 9.17) is 4.74 Å². The molecule has 2 saturated carbocycles. The van der Waals surface area contributed by atoms with Crippen LogP contribution in [-0.4, -0.2) is 53.7 Å². The zero-order valence-corrected chi connectivity index (χ0v) is 17.8. The fourth-order valence-corrected chi connectivity index (χ4v) is 4.72. The highest BCUT2D eigenvalue weighted by atomic mass is 16.6. The molecule has 1 aromatic carbocycles. The average Bonchev–Trinajstić information content (AvgIpc) is 3.56. The number of ether oxygens (including phenoxy) is 1. The molecular formula is C24H36N2O2. The Hall–Kier alpha value is -1.55. The van der Waals surface area contributed by atoms with E-state index in [0.29, 0.717) is 5.92 Å². The molecule has 4 heteroatoms. The van der Waals surface area contributed by atoms with Gasteiger partial charge in [0, 0.05) is 30.5 Å². The third-order valence-corrected chi connectivity index (χ3v) is 6.48. The van der Waals surface area contributed by atoms with Gasteiger partial charge in [0.1, 0.15) is 5.60 Å². The van der Waals surface area contributed by atoms with Gasteiger partial charge in [0.25, 0.3) is 0 Å². The molecule has 1 saturated heterocycles. The van der Waals surface area contributed by atoms with E-state index in [2.05, 4.69) is 40.1 Å². The number of hydrogen-bond donors (Lipinski definition) is 0. The molecule has 0 N–H and O–H groups in total. The maximum absolute atomic E-state index is 13.1. The molecule has 1 aromatic rings. The van der Waals surface area contributed by atoms with Gasteiger partial charge < -0.3 is 14.5 Å². The Labute approximate surface area is 170 Å². The van der Waals surface area contributed by atoms with Crippen molar-refractivity contribution in [1.29, 1.82) is 0 Å². The molecule has 2 atom stereocenters. The summed E-state index contributed by atoms with van der Waals surface area (Å²) in [4.78, 5) is 17.8. The Morgan fingerprint density at radius 2 is 1.82 bits per heavy atom. The summed E-state index contributed by atoms with van der Waals surface area (Å²) in [5.41, 5.74) is 1.19. The Morgan fingerprint density at radius 3 is 2.43 bits per heavy atom. The van der Waals surface area contributed by atoms with E-state index >= 15 is 0 Å². The second kappa shape index (κ2) is 7.70. The predicted octanol–water partition coefficient (Wildman–Crippen LogP) is 5.05. The number of nitrogens with zero attached hydrogens (tertiary/aromatic N) is 2. The van der Waals surface area contributed by atoms with E-state index in [9.17, 15) is 4.79 Å². The Morgan fingerprint density at radius 1 is 1.14 bits per heavy atom. The van der Waals surface area contributed by atoms with Gasteiger partial charge in [-0.25, -0.2) is 4.79 Å². The Balaban J connectivity index is 1.45. The molecule has 4 rings (SSSR count). The number of carbonyl (C=O) groups is 1. The molecule has 1 heterocycles. The fourth-order valence-electron chi connectivity index (χ4n) is 4.72. The fraction of sp³-hybridized carbons (Fsp3) is 0.708. The molecule has 3 aliphatic rings. The quantitative estimate of drug-likeness (QED) is 0.688. The van der Waals surface area contributed by atoms with Gasteiger partial charge in [0.2, 0.25) is 0 Å². The molecule has 1 amide bonds. The minimum absolute atomic E-state index is 0.124. The van der Waals surface area contributed by atoms with Gasteiger partial charge in [0.05, 0.1) is 0 Å². The highest BCUT2D eigenvalue weighted by Gasteiger charge is 2.52. The monoisotopic (exact) mass is 384 g/mol. The van der Waals surface area contributed by atoms with Crippen molar-refractivity contribution in [2.24, 2.45) is 5.41 Å². The van der Waals surface area contributed by atoms with E-state index in [0.717, 1.165) is 19.5 Å². The molecule has 0 bridgehead atoms. The first-order valence-electron chi connectivity index (χ1n) is 11.1. The van der Waals surface area contributed by atoms with Crippen molar-refractivity contribution in [3.05, 3.63) is 35.9 Å². The molecule has 1 aliphatic heterocycles. The van der Waals surface area contributed by atoms with Gasteiger partial charge in [-0.1, -0.05) is 36.8 Å². The maximum atomic E-state index is 13.1. The summed E-state index contributed by atoms with van der Waals surface area (Å²) < 4.78 is 5.82. The number of carbonyl (C=O) groups excluding carboxylic acids is 1. The second-order valence-electron chi connectivity index (χ2n) is 10.3. The minimum atomic E-state index is -0.448. The minimum Gasteiger partial charge on any atom is -0.444 e. The van der Waals surface area contributed by atoms with Crippen LogP contribution in [0.5, 0.6) is 0 Å². The lowest BCUT2D eigenvalue weighted by atomic mass is 10.0. The van der Waals surface area contributed by atoms with Crippen LogP contribution in [-0.2, 0) is 4.74 Å². The molecule has 0 spiro atoms. The first-order chi connectivity index (χ1) is 13.4. The lowest BCUT2D eigenvalue weighted by molar-refractivity contribution is 0.0168. The van der Waals surface area contributed by atoms with E-state index < -0.39 is 5.60 Å². The molecule has 28 heavy (non-hydrogen) atoms. The third-order valence-electron chi connectivity index (χ3n) is 6.48. The first-order valence-corrected chi connectivity index (χ1v) is 11.1. The molecular weight excluding hydrogens is 348 g/mol. The summed E-state index contributed by atoms with van der Waals surface area (Å²) in [5.74, 6) is 0.458. The molecule has 2 aliphatic carbocycles. The molecule has 154 valence electrons. The number of amides is 1. The lowest BCUT2D eigenvalue weighted by Gasteiger charge is -2.34. The van der Waals surface area contributed by atoms with Crippen molar-refractivity contribution in [1.82, 2.24) is 9.80 Å². The van der Waals surface area contributed by atoms with Crippen LogP contribution in [0.15, 0.2) is 30.3 Å². The topological polar surface area (TPSA) is 32.8 Å². The second-order valence-corrected chi connectivity index (χ2v) is 10.3. The summed E-state index contributed by atoms with van der Waals surface area (Å²) in [7, 11) is 0. The highest BCUT2D eigenvalue weighted by molar-refractivity contribution is 5.69. The van der Waals surface area contributed by atoms with Crippen LogP contribution in [0.25, 0.3) is 0 Å². The predicted molar refractivity (Wildman–Crippen MR) is 112 cm³/mol. The van der Waals surface area contributed by atoms with Crippen molar-refractivity contribution in [2.45, 2.75) is 76.9 Å². The van der Waals surface area contributed by atoms with Gasteiger partial charge >= 0.3 is 6.09 Å². The lowest BCUT2D eigenvalue weighted by Crippen LogP contribution is -2.45. The molecule has 0 radical (unpaired) electrons. The van der Waals surface area contributed by atoms with Gasteiger partial charge in [-0.3, -0.25) is 0 Å². The molecule has 0 aromatic heterocycles. The molecule has 4 nitrogen and oxygen atoms in total. The summed E-state index contributed by atoms with van der Waals surface area (Å²) in [6.45, 7) is 10.3. The number of hydrogen-bond acceptors (Lipinski definition) is 3. The SMILES string of the molecule is CC(C)(C)OC(=O)N(CC1(CN2CCCCC2)CC1)[C@H]1CC1c1ccccc1. The maximum Gasteiger partial charge on any atom is 0.410 e. The summed E-state index contributed by atoms with van der Waals surface area (Å²) in [6.07, 6.45) is 7.43. The standard InChI is InChI=1S/C24H36N2O2/c1-23(2,3)28-22(27)26(21-16-20(21)19-10-6-4-7-11-19)18-24(12-13-24)17-25-14-8-5-9-15-25/h4,6-7,10-11,20-21H,5,8-9,12-18H2,1-3H3/t20?,21-/m0/s1. The van der Waals surface area contributed by atoms with E-state index in [1.165, 1.54) is 50.8 Å². The van der Waals surface area contributed by atoms with Gasteiger partial charge in [0.15, 0.2) is 0 Å². The van der Waals surface area contributed by atoms with Crippen LogP contribution in [0.1, 0.15) is 70.8 Å². The number of piperidine rings is 1.